The maximum atomic E-state index is 6.31. The molecule has 6 rings (SSSR count). The predicted octanol–water partition coefficient (Wildman–Crippen LogP) is 8.72. The molecule has 3 nitrogen and oxygen atoms in total. The zero-order valence-electron chi connectivity index (χ0n) is 24.2. The fourth-order valence-electron chi connectivity index (χ4n) is 5.27. The van der Waals surface area contributed by atoms with Gasteiger partial charge in [-0.15, -0.1) is 0 Å². The van der Waals surface area contributed by atoms with E-state index in [9.17, 15) is 0 Å². The van der Waals surface area contributed by atoms with E-state index in [4.69, 9.17) is 9.31 Å². The lowest BCUT2D eigenvalue weighted by Crippen LogP contribution is -2.41. The molecular weight excluding hydrogens is 501 g/mol. The van der Waals surface area contributed by atoms with Crippen LogP contribution in [0.2, 0.25) is 0 Å². The number of allylic oxidation sites excluding steroid dienone is 5. The second-order valence-electron chi connectivity index (χ2n) is 11.7. The fraction of sp³-hybridized carbons (Fsp3) is 0.189. The molecule has 4 aromatic carbocycles. The van der Waals surface area contributed by atoms with Crippen molar-refractivity contribution in [3.05, 3.63) is 145 Å². The molecule has 4 aromatic rings. The summed E-state index contributed by atoms with van der Waals surface area (Å²) in [5.74, 6) is 0. The normalized spacial score (nSPS) is 17.5. The summed E-state index contributed by atoms with van der Waals surface area (Å²) in [5, 5.41) is 0. The Bertz CT molecular complexity index is 1570. The second kappa shape index (κ2) is 11.0. The molecule has 1 aliphatic heterocycles. The lowest BCUT2D eigenvalue weighted by Gasteiger charge is -2.32. The molecule has 0 bridgehead atoms. The summed E-state index contributed by atoms with van der Waals surface area (Å²) in [6.07, 6.45) is 9.82. The standard InChI is InChI=1S/C37H36BNO2/c1-36(2)37(3,4)41-38(40-36)32-21-26-35(27-22-32)39(34-24-19-31(20-25-34)29-14-9-6-10-15-29)33-17-11-16-30(18-23-33)28-12-7-5-8-13-28/h5-15,17-27H,16H2,1-4H3. The molecule has 1 saturated heterocycles. The molecule has 0 N–H and O–H groups in total. The number of rotatable bonds is 6. The Morgan fingerprint density at radius 3 is 1.68 bits per heavy atom. The molecule has 1 heterocycles. The molecule has 1 aliphatic carbocycles. The SMILES string of the molecule is CC1(C)OB(c2ccc(N(C3=CC=C(c4ccccc4)CC=C3)c3ccc(-c4ccccc4)cc3)cc2)OC1(C)C. The van der Waals surface area contributed by atoms with Crippen LogP contribution < -0.4 is 10.4 Å². The van der Waals surface area contributed by atoms with Crippen LogP contribution in [0, 0.1) is 0 Å². The smallest absolute Gasteiger partial charge is 0.399 e. The van der Waals surface area contributed by atoms with Gasteiger partial charge in [0.2, 0.25) is 0 Å². The molecule has 0 atom stereocenters. The van der Waals surface area contributed by atoms with Crippen molar-refractivity contribution in [1.29, 1.82) is 0 Å². The van der Waals surface area contributed by atoms with Crippen molar-refractivity contribution in [2.45, 2.75) is 45.3 Å². The molecule has 0 spiro atoms. The first kappa shape index (κ1) is 27.1. The number of hydrogen-bond donors (Lipinski definition) is 0. The predicted molar refractivity (Wildman–Crippen MR) is 172 cm³/mol. The van der Waals surface area contributed by atoms with Crippen LogP contribution in [0.25, 0.3) is 16.7 Å². The molecule has 2 aliphatic rings. The van der Waals surface area contributed by atoms with E-state index < -0.39 is 0 Å². The van der Waals surface area contributed by atoms with E-state index in [2.05, 4.69) is 166 Å². The van der Waals surface area contributed by atoms with Crippen LogP contribution in [-0.2, 0) is 9.31 Å². The Hall–Kier alpha value is -4.12. The highest BCUT2D eigenvalue weighted by Gasteiger charge is 2.51. The highest BCUT2D eigenvalue weighted by atomic mass is 16.7. The van der Waals surface area contributed by atoms with Crippen molar-refractivity contribution in [2.75, 3.05) is 4.90 Å². The molecule has 0 amide bonds. The van der Waals surface area contributed by atoms with Crippen LogP contribution in [-0.4, -0.2) is 18.3 Å². The van der Waals surface area contributed by atoms with Gasteiger partial charge in [0.05, 0.1) is 11.2 Å². The van der Waals surface area contributed by atoms with Crippen LogP contribution in [0.3, 0.4) is 0 Å². The van der Waals surface area contributed by atoms with E-state index >= 15 is 0 Å². The average molecular weight is 538 g/mol. The van der Waals surface area contributed by atoms with E-state index in [0.717, 1.165) is 29.0 Å². The molecule has 4 heteroatoms. The van der Waals surface area contributed by atoms with Gasteiger partial charge < -0.3 is 14.2 Å². The van der Waals surface area contributed by atoms with Crippen LogP contribution in [0.5, 0.6) is 0 Å². The Morgan fingerprint density at radius 1 is 0.585 bits per heavy atom. The summed E-state index contributed by atoms with van der Waals surface area (Å²) in [5.41, 5.74) is 8.50. The van der Waals surface area contributed by atoms with Gasteiger partial charge in [0.25, 0.3) is 0 Å². The Morgan fingerprint density at radius 2 is 1.10 bits per heavy atom. The quantitative estimate of drug-likeness (QED) is 0.230. The van der Waals surface area contributed by atoms with Crippen molar-refractivity contribution < 1.29 is 9.31 Å². The number of anilines is 2. The van der Waals surface area contributed by atoms with Crippen LogP contribution in [0.15, 0.2) is 139 Å². The lowest BCUT2D eigenvalue weighted by atomic mass is 9.79. The zero-order valence-corrected chi connectivity index (χ0v) is 24.2. The van der Waals surface area contributed by atoms with Crippen molar-refractivity contribution in [3.8, 4) is 11.1 Å². The third-order valence-electron chi connectivity index (χ3n) is 8.39. The zero-order chi connectivity index (χ0) is 28.5. The highest BCUT2D eigenvalue weighted by molar-refractivity contribution is 6.62. The molecule has 0 radical (unpaired) electrons. The summed E-state index contributed by atoms with van der Waals surface area (Å²) in [6.45, 7) is 8.35. The minimum atomic E-state index is -0.388. The van der Waals surface area contributed by atoms with Crippen LogP contribution in [0.4, 0.5) is 11.4 Å². The van der Waals surface area contributed by atoms with Crippen molar-refractivity contribution in [3.63, 3.8) is 0 Å². The second-order valence-corrected chi connectivity index (χ2v) is 11.7. The molecule has 0 saturated carbocycles. The van der Waals surface area contributed by atoms with Gasteiger partial charge >= 0.3 is 7.12 Å². The van der Waals surface area contributed by atoms with E-state index in [-0.39, 0.29) is 18.3 Å². The number of nitrogens with zero attached hydrogens (tertiary/aromatic N) is 1. The molecule has 0 aromatic heterocycles. The van der Waals surface area contributed by atoms with Gasteiger partial charge in [0, 0.05) is 17.1 Å². The first-order chi connectivity index (χ1) is 19.8. The Labute approximate surface area is 244 Å². The van der Waals surface area contributed by atoms with Gasteiger partial charge in [-0.05, 0) is 98.3 Å². The molecule has 41 heavy (non-hydrogen) atoms. The van der Waals surface area contributed by atoms with Gasteiger partial charge in [-0.25, -0.2) is 0 Å². The first-order valence-corrected chi connectivity index (χ1v) is 14.3. The van der Waals surface area contributed by atoms with Gasteiger partial charge in [0.1, 0.15) is 0 Å². The van der Waals surface area contributed by atoms with Crippen molar-refractivity contribution in [2.24, 2.45) is 0 Å². The maximum Gasteiger partial charge on any atom is 0.494 e. The van der Waals surface area contributed by atoms with E-state index in [1.165, 1.54) is 22.3 Å². The topological polar surface area (TPSA) is 21.7 Å². The summed E-state index contributed by atoms with van der Waals surface area (Å²) < 4.78 is 12.6. The van der Waals surface area contributed by atoms with Gasteiger partial charge in [-0.3, -0.25) is 0 Å². The van der Waals surface area contributed by atoms with Crippen LogP contribution in [0.1, 0.15) is 39.7 Å². The van der Waals surface area contributed by atoms with Crippen LogP contribution >= 0.6 is 0 Å². The summed E-state index contributed by atoms with van der Waals surface area (Å²) in [7, 11) is -0.388. The van der Waals surface area contributed by atoms with Crippen molar-refractivity contribution in [1.82, 2.24) is 0 Å². The molecule has 1 fully saturated rings. The largest absolute Gasteiger partial charge is 0.494 e. The molecule has 0 unspecified atom stereocenters. The fourth-order valence-corrected chi connectivity index (χ4v) is 5.27. The third kappa shape index (κ3) is 5.59. The minimum absolute atomic E-state index is 0.373. The summed E-state index contributed by atoms with van der Waals surface area (Å²) >= 11 is 0. The van der Waals surface area contributed by atoms with Gasteiger partial charge in [0.15, 0.2) is 0 Å². The third-order valence-corrected chi connectivity index (χ3v) is 8.39. The van der Waals surface area contributed by atoms with Gasteiger partial charge in [-0.1, -0.05) is 97.1 Å². The maximum absolute atomic E-state index is 6.31. The average Bonchev–Trinajstić information content (AvgIpc) is 3.13. The Kier molecular flexibility index (Phi) is 7.29. The minimum Gasteiger partial charge on any atom is -0.399 e. The Balaban J connectivity index is 1.36. The van der Waals surface area contributed by atoms with Crippen molar-refractivity contribution >= 4 is 29.5 Å². The van der Waals surface area contributed by atoms with Gasteiger partial charge in [-0.2, -0.15) is 0 Å². The molecule has 204 valence electrons. The molecular formula is C37H36BNO2. The van der Waals surface area contributed by atoms with E-state index in [1.807, 2.05) is 0 Å². The lowest BCUT2D eigenvalue weighted by molar-refractivity contribution is 0.00578. The van der Waals surface area contributed by atoms with E-state index in [0.29, 0.717) is 0 Å². The highest BCUT2D eigenvalue weighted by Crippen LogP contribution is 2.37. The summed E-state index contributed by atoms with van der Waals surface area (Å²) in [4.78, 5) is 2.31. The monoisotopic (exact) mass is 537 g/mol. The first-order valence-electron chi connectivity index (χ1n) is 14.3. The van der Waals surface area contributed by atoms with E-state index in [1.54, 1.807) is 0 Å². The number of hydrogen-bond acceptors (Lipinski definition) is 3. The number of benzene rings is 4. The summed E-state index contributed by atoms with van der Waals surface area (Å²) in [6, 6.07) is 38.5.